The zero-order valence-electron chi connectivity index (χ0n) is 20.9. The normalized spacial score (nSPS) is 14.5. The van der Waals surface area contributed by atoms with Gasteiger partial charge in [0.2, 0.25) is 5.95 Å². The van der Waals surface area contributed by atoms with Gasteiger partial charge in [-0.1, -0.05) is 59.7 Å². The predicted molar refractivity (Wildman–Crippen MR) is 140 cm³/mol. The highest BCUT2D eigenvalue weighted by Crippen LogP contribution is 2.39. The van der Waals surface area contributed by atoms with Crippen LogP contribution in [0.4, 0.5) is 11.6 Å². The summed E-state index contributed by atoms with van der Waals surface area (Å²) < 4.78 is 13.6. The van der Waals surface area contributed by atoms with Crippen molar-refractivity contribution in [1.29, 1.82) is 0 Å². The van der Waals surface area contributed by atoms with E-state index in [0.29, 0.717) is 41.9 Å². The fraction of sp³-hybridized carbons (Fsp3) is 0.214. The summed E-state index contributed by atoms with van der Waals surface area (Å²) in [6, 6.07) is 22.7. The average Bonchev–Trinajstić information content (AvgIpc) is 3.37. The Morgan fingerprint density at radius 2 is 1.78 bits per heavy atom. The van der Waals surface area contributed by atoms with E-state index in [0.717, 1.165) is 22.4 Å². The lowest BCUT2D eigenvalue weighted by Gasteiger charge is -2.28. The molecule has 2 N–H and O–H groups in total. The fourth-order valence-electron chi connectivity index (χ4n) is 4.33. The van der Waals surface area contributed by atoms with Crippen LogP contribution in [0, 0.1) is 6.92 Å². The van der Waals surface area contributed by atoms with Crippen molar-refractivity contribution >= 4 is 17.5 Å². The molecule has 1 amide bonds. The monoisotopic (exact) mass is 496 g/mol. The summed E-state index contributed by atoms with van der Waals surface area (Å²) in [6.45, 7) is 6.59. The maximum absolute atomic E-state index is 13.6. The van der Waals surface area contributed by atoms with Crippen molar-refractivity contribution in [3.63, 3.8) is 0 Å². The number of hydrogen-bond donors (Lipinski definition) is 2. The molecule has 0 unspecified atom stereocenters. The number of tetrazole rings is 1. The zero-order chi connectivity index (χ0) is 25.8. The third-order valence-electron chi connectivity index (χ3n) is 6.17. The minimum atomic E-state index is -0.572. The summed E-state index contributed by atoms with van der Waals surface area (Å²) in [6.07, 6.45) is 0. The van der Waals surface area contributed by atoms with Gasteiger partial charge in [-0.2, -0.15) is 4.68 Å². The molecule has 9 heteroatoms. The van der Waals surface area contributed by atoms with Gasteiger partial charge < -0.3 is 20.1 Å². The number of anilines is 2. The number of rotatable bonds is 8. The van der Waals surface area contributed by atoms with Gasteiger partial charge in [-0.25, -0.2) is 0 Å². The van der Waals surface area contributed by atoms with Crippen LogP contribution in [0.5, 0.6) is 11.5 Å². The van der Waals surface area contributed by atoms with E-state index < -0.39 is 6.04 Å². The molecule has 0 bridgehead atoms. The second kappa shape index (κ2) is 10.5. The molecule has 37 heavy (non-hydrogen) atoms. The quantitative estimate of drug-likeness (QED) is 0.358. The Balaban J connectivity index is 1.50. The number of nitrogens with one attached hydrogen (secondary N) is 2. The Kier molecular flexibility index (Phi) is 6.85. The SMILES string of the molecule is CCOc1cc([C@H]2C(C(=O)Nc3ccccc3C)=C(C)Nc3nnnn32)ccc1OCc1ccccc1. The molecule has 0 fully saturated rings. The molecule has 1 aliphatic rings. The fourth-order valence-corrected chi connectivity index (χ4v) is 4.33. The number of aromatic nitrogens is 4. The van der Waals surface area contributed by atoms with E-state index in [2.05, 4.69) is 26.2 Å². The first kappa shape index (κ1) is 24.1. The van der Waals surface area contributed by atoms with Crippen LogP contribution in [0.2, 0.25) is 0 Å². The molecule has 9 nitrogen and oxygen atoms in total. The minimum Gasteiger partial charge on any atom is -0.490 e. The molecule has 0 saturated heterocycles. The Morgan fingerprint density at radius 3 is 2.57 bits per heavy atom. The van der Waals surface area contributed by atoms with Crippen molar-refractivity contribution in [3.05, 3.63) is 101 Å². The van der Waals surface area contributed by atoms with E-state index in [1.165, 1.54) is 0 Å². The summed E-state index contributed by atoms with van der Waals surface area (Å²) in [4.78, 5) is 13.6. The van der Waals surface area contributed by atoms with Crippen LogP contribution in [0.1, 0.15) is 36.6 Å². The van der Waals surface area contributed by atoms with E-state index in [9.17, 15) is 4.79 Å². The van der Waals surface area contributed by atoms with Crippen molar-refractivity contribution in [2.45, 2.75) is 33.4 Å². The van der Waals surface area contributed by atoms with Crippen LogP contribution in [-0.2, 0) is 11.4 Å². The molecule has 3 aromatic carbocycles. The average molecular weight is 497 g/mol. The maximum atomic E-state index is 13.6. The molecule has 5 rings (SSSR count). The highest BCUT2D eigenvalue weighted by molar-refractivity contribution is 6.06. The topological polar surface area (TPSA) is 103 Å². The minimum absolute atomic E-state index is 0.243. The van der Waals surface area contributed by atoms with Gasteiger partial charge in [0.25, 0.3) is 5.91 Å². The lowest BCUT2D eigenvalue weighted by molar-refractivity contribution is -0.113. The van der Waals surface area contributed by atoms with Crippen LogP contribution < -0.4 is 20.1 Å². The van der Waals surface area contributed by atoms with E-state index in [-0.39, 0.29) is 5.91 Å². The van der Waals surface area contributed by atoms with E-state index >= 15 is 0 Å². The lowest BCUT2D eigenvalue weighted by atomic mass is 9.94. The lowest BCUT2D eigenvalue weighted by Crippen LogP contribution is -2.31. The predicted octanol–water partition coefficient (Wildman–Crippen LogP) is 4.89. The van der Waals surface area contributed by atoms with Gasteiger partial charge in [-0.15, -0.1) is 0 Å². The number of allylic oxidation sites excluding steroid dienone is 1. The molecule has 4 aromatic rings. The van der Waals surface area contributed by atoms with Crippen LogP contribution in [-0.4, -0.2) is 32.7 Å². The van der Waals surface area contributed by atoms with Crippen molar-refractivity contribution in [1.82, 2.24) is 20.2 Å². The second-order valence-corrected chi connectivity index (χ2v) is 8.70. The number of hydrogen-bond acceptors (Lipinski definition) is 7. The molecule has 0 aliphatic carbocycles. The molecule has 1 aromatic heterocycles. The van der Waals surface area contributed by atoms with Gasteiger partial charge in [0, 0.05) is 11.4 Å². The Morgan fingerprint density at radius 1 is 1.00 bits per heavy atom. The Labute approximate surface area is 215 Å². The number of fused-ring (bicyclic) bond motifs is 1. The Bertz CT molecular complexity index is 1450. The smallest absolute Gasteiger partial charge is 0.255 e. The molecule has 188 valence electrons. The summed E-state index contributed by atoms with van der Waals surface area (Å²) in [5.74, 6) is 1.41. The van der Waals surface area contributed by atoms with Gasteiger partial charge in [0.1, 0.15) is 12.6 Å². The van der Waals surface area contributed by atoms with Crippen LogP contribution >= 0.6 is 0 Å². The first-order valence-corrected chi connectivity index (χ1v) is 12.1. The van der Waals surface area contributed by atoms with E-state index in [4.69, 9.17) is 9.47 Å². The highest BCUT2D eigenvalue weighted by Gasteiger charge is 2.34. The number of carbonyl (C=O) groups excluding carboxylic acids is 1. The highest BCUT2D eigenvalue weighted by atomic mass is 16.5. The van der Waals surface area contributed by atoms with Gasteiger partial charge >= 0.3 is 0 Å². The van der Waals surface area contributed by atoms with Gasteiger partial charge in [0.15, 0.2) is 11.5 Å². The third kappa shape index (κ3) is 5.02. The van der Waals surface area contributed by atoms with Crippen molar-refractivity contribution in [2.75, 3.05) is 17.2 Å². The molecule has 2 heterocycles. The van der Waals surface area contributed by atoms with Crippen molar-refractivity contribution in [3.8, 4) is 11.5 Å². The number of para-hydroxylation sites is 1. The first-order valence-electron chi connectivity index (χ1n) is 12.1. The molecule has 0 radical (unpaired) electrons. The summed E-state index contributed by atoms with van der Waals surface area (Å²) in [7, 11) is 0. The first-order chi connectivity index (χ1) is 18.0. The summed E-state index contributed by atoms with van der Waals surface area (Å²) >= 11 is 0. The summed E-state index contributed by atoms with van der Waals surface area (Å²) in [5.41, 5.74) is 4.73. The van der Waals surface area contributed by atoms with Crippen LogP contribution in [0.25, 0.3) is 0 Å². The maximum Gasteiger partial charge on any atom is 0.255 e. The Hall–Kier alpha value is -4.66. The van der Waals surface area contributed by atoms with Gasteiger partial charge in [0.05, 0.1) is 12.2 Å². The molecule has 1 atom stereocenters. The molecule has 1 aliphatic heterocycles. The summed E-state index contributed by atoms with van der Waals surface area (Å²) in [5, 5.41) is 18.3. The van der Waals surface area contributed by atoms with Crippen LogP contribution in [0.15, 0.2) is 84.1 Å². The molecular formula is C28H28N6O3. The second-order valence-electron chi connectivity index (χ2n) is 8.70. The van der Waals surface area contributed by atoms with E-state index in [1.54, 1.807) is 4.68 Å². The number of ether oxygens (including phenoxy) is 2. The van der Waals surface area contributed by atoms with Gasteiger partial charge in [-0.3, -0.25) is 4.79 Å². The largest absolute Gasteiger partial charge is 0.490 e. The molecule has 0 saturated carbocycles. The number of benzene rings is 3. The molecule has 0 spiro atoms. The standard InChI is InChI=1S/C28H28N6O3/c1-4-36-24-16-21(14-15-23(24)37-17-20-11-6-5-7-12-20)26-25(19(3)29-28-31-32-33-34(26)28)27(35)30-22-13-9-8-10-18(22)2/h5-16,26H,4,17H2,1-3H3,(H,30,35)(H,29,31,33)/t26-/m0/s1. The number of aryl methyl sites for hydroxylation is 1. The number of amides is 1. The van der Waals surface area contributed by atoms with Gasteiger partial charge in [-0.05, 0) is 66.1 Å². The van der Waals surface area contributed by atoms with Crippen molar-refractivity contribution in [2.24, 2.45) is 0 Å². The van der Waals surface area contributed by atoms with E-state index in [1.807, 2.05) is 93.6 Å². The zero-order valence-corrected chi connectivity index (χ0v) is 20.9. The van der Waals surface area contributed by atoms with Crippen LogP contribution in [0.3, 0.4) is 0 Å². The van der Waals surface area contributed by atoms with Crippen molar-refractivity contribution < 1.29 is 14.3 Å². The number of nitrogens with zero attached hydrogens (tertiary/aromatic N) is 4. The third-order valence-corrected chi connectivity index (χ3v) is 6.17. The molecular weight excluding hydrogens is 468 g/mol. The number of carbonyl (C=O) groups is 1.